The topological polar surface area (TPSA) is 50.8 Å². The van der Waals surface area contributed by atoms with Gasteiger partial charge in [-0.25, -0.2) is 0 Å². The number of carbonyl (C=O) groups is 1. The Morgan fingerprint density at radius 2 is 1.93 bits per heavy atom. The number of morpholine rings is 1. The number of amides is 1. The predicted molar refractivity (Wildman–Crippen MR) is 106 cm³/mol. The molecule has 27 heavy (non-hydrogen) atoms. The van der Waals surface area contributed by atoms with Crippen LogP contribution in [0.1, 0.15) is 23.6 Å². The number of hydrogen-bond donors (Lipinski definition) is 1. The molecule has 5 nitrogen and oxygen atoms in total. The van der Waals surface area contributed by atoms with E-state index in [1.54, 1.807) is 7.11 Å². The molecule has 1 heterocycles. The molecule has 0 radical (unpaired) electrons. The fraction of sp³-hybridized carbons (Fsp3) is 0.409. The second kappa shape index (κ2) is 10.1. The Kier molecular flexibility index (Phi) is 7.25. The van der Waals surface area contributed by atoms with Crippen LogP contribution in [-0.2, 0) is 16.0 Å². The smallest absolute Gasteiger partial charge is 0.220 e. The summed E-state index contributed by atoms with van der Waals surface area (Å²) in [6.45, 7) is 3.87. The zero-order chi connectivity index (χ0) is 18.9. The van der Waals surface area contributed by atoms with Crippen LogP contribution in [0.25, 0.3) is 0 Å². The standard InChI is InChI=1S/C22H28N2O3/c1-26-20-9-5-6-18(16-20)10-11-22(25)23-17-21(19-7-3-2-4-8-19)24-12-14-27-15-13-24/h2-9,16,21H,10-15,17H2,1H3,(H,23,25). The van der Waals surface area contributed by atoms with Crippen molar-refractivity contribution in [1.82, 2.24) is 10.2 Å². The van der Waals surface area contributed by atoms with Gasteiger partial charge in [-0.1, -0.05) is 42.5 Å². The Bertz CT molecular complexity index is 715. The van der Waals surface area contributed by atoms with Crippen LogP contribution >= 0.6 is 0 Å². The molecule has 1 atom stereocenters. The van der Waals surface area contributed by atoms with Gasteiger partial charge in [0.15, 0.2) is 0 Å². The van der Waals surface area contributed by atoms with Crippen LogP contribution in [0.4, 0.5) is 0 Å². The van der Waals surface area contributed by atoms with Crippen molar-refractivity contribution >= 4 is 5.91 Å². The van der Waals surface area contributed by atoms with Crippen molar-refractivity contribution in [1.29, 1.82) is 0 Å². The van der Waals surface area contributed by atoms with Gasteiger partial charge in [0.1, 0.15) is 5.75 Å². The molecule has 3 rings (SSSR count). The van der Waals surface area contributed by atoms with E-state index in [1.807, 2.05) is 42.5 Å². The molecule has 1 amide bonds. The van der Waals surface area contributed by atoms with Gasteiger partial charge < -0.3 is 14.8 Å². The Labute approximate surface area is 161 Å². The van der Waals surface area contributed by atoms with E-state index in [1.165, 1.54) is 5.56 Å². The summed E-state index contributed by atoms with van der Waals surface area (Å²) in [4.78, 5) is 14.8. The maximum Gasteiger partial charge on any atom is 0.220 e. The molecular formula is C22H28N2O3. The molecule has 5 heteroatoms. The van der Waals surface area contributed by atoms with Gasteiger partial charge in [0.05, 0.1) is 26.4 Å². The van der Waals surface area contributed by atoms with Crippen molar-refractivity contribution in [2.45, 2.75) is 18.9 Å². The van der Waals surface area contributed by atoms with Gasteiger partial charge in [-0.2, -0.15) is 0 Å². The maximum absolute atomic E-state index is 12.4. The minimum Gasteiger partial charge on any atom is -0.497 e. The largest absolute Gasteiger partial charge is 0.497 e. The molecule has 1 aliphatic heterocycles. The van der Waals surface area contributed by atoms with Crippen molar-refractivity contribution < 1.29 is 14.3 Å². The van der Waals surface area contributed by atoms with Gasteiger partial charge >= 0.3 is 0 Å². The van der Waals surface area contributed by atoms with Crippen LogP contribution in [0.2, 0.25) is 0 Å². The number of nitrogens with zero attached hydrogens (tertiary/aromatic N) is 1. The third kappa shape index (κ3) is 5.81. The van der Waals surface area contributed by atoms with Crippen LogP contribution in [0.3, 0.4) is 0 Å². The Balaban J connectivity index is 1.55. The fourth-order valence-electron chi connectivity index (χ4n) is 3.41. The van der Waals surface area contributed by atoms with Crippen LogP contribution in [0.15, 0.2) is 54.6 Å². The Morgan fingerprint density at radius 3 is 2.67 bits per heavy atom. The molecule has 1 unspecified atom stereocenters. The number of aryl methyl sites for hydroxylation is 1. The summed E-state index contributed by atoms with van der Waals surface area (Å²) in [7, 11) is 1.65. The van der Waals surface area contributed by atoms with E-state index in [9.17, 15) is 4.79 Å². The lowest BCUT2D eigenvalue weighted by Gasteiger charge is -2.35. The van der Waals surface area contributed by atoms with Crippen LogP contribution in [-0.4, -0.2) is 50.8 Å². The van der Waals surface area contributed by atoms with E-state index in [-0.39, 0.29) is 11.9 Å². The second-order valence-electron chi connectivity index (χ2n) is 6.73. The normalized spacial score (nSPS) is 15.9. The zero-order valence-electron chi connectivity index (χ0n) is 15.9. The van der Waals surface area contributed by atoms with Crippen LogP contribution < -0.4 is 10.1 Å². The van der Waals surface area contributed by atoms with E-state index in [0.717, 1.165) is 37.6 Å². The van der Waals surface area contributed by atoms with Crippen molar-refractivity contribution in [2.75, 3.05) is 40.0 Å². The number of methoxy groups -OCH3 is 1. The monoisotopic (exact) mass is 368 g/mol. The van der Waals surface area contributed by atoms with E-state index in [0.29, 0.717) is 19.4 Å². The highest BCUT2D eigenvalue weighted by atomic mass is 16.5. The fourth-order valence-corrected chi connectivity index (χ4v) is 3.41. The average Bonchev–Trinajstić information content (AvgIpc) is 2.74. The van der Waals surface area contributed by atoms with Crippen molar-refractivity contribution in [2.24, 2.45) is 0 Å². The van der Waals surface area contributed by atoms with Crippen molar-refractivity contribution in [3.63, 3.8) is 0 Å². The molecule has 0 aliphatic carbocycles. The van der Waals surface area contributed by atoms with E-state index < -0.39 is 0 Å². The highest BCUT2D eigenvalue weighted by Gasteiger charge is 2.22. The second-order valence-corrected chi connectivity index (χ2v) is 6.73. The minimum absolute atomic E-state index is 0.0759. The molecule has 2 aromatic rings. The number of ether oxygens (including phenoxy) is 2. The number of carbonyl (C=O) groups excluding carboxylic acids is 1. The maximum atomic E-state index is 12.4. The van der Waals surface area contributed by atoms with Crippen LogP contribution in [0.5, 0.6) is 5.75 Å². The zero-order valence-corrected chi connectivity index (χ0v) is 15.9. The van der Waals surface area contributed by atoms with Gasteiger partial charge in [-0.3, -0.25) is 9.69 Å². The van der Waals surface area contributed by atoms with Gasteiger partial charge in [0.2, 0.25) is 5.91 Å². The molecule has 1 fully saturated rings. The molecule has 1 N–H and O–H groups in total. The summed E-state index contributed by atoms with van der Waals surface area (Å²) in [5.41, 5.74) is 2.34. The van der Waals surface area contributed by atoms with E-state index >= 15 is 0 Å². The quantitative estimate of drug-likeness (QED) is 0.778. The molecule has 144 valence electrons. The first kappa shape index (κ1) is 19.4. The van der Waals surface area contributed by atoms with Crippen molar-refractivity contribution in [3.8, 4) is 5.75 Å². The molecular weight excluding hydrogens is 340 g/mol. The van der Waals surface area contributed by atoms with Crippen molar-refractivity contribution in [3.05, 3.63) is 65.7 Å². The summed E-state index contributed by atoms with van der Waals surface area (Å²) >= 11 is 0. The van der Waals surface area contributed by atoms with Gasteiger partial charge in [0, 0.05) is 26.1 Å². The van der Waals surface area contributed by atoms with E-state index in [4.69, 9.17) is 9.47 Å². The molecule has 0 aromatic heterocycles. The Morgan fingerprint density at radius 1 is 1.15 bits per heavy atom. The van der Waals surface area contributed by atoms with Gasteiger partial charge in [-0.05, 0) is 29.7 Å². The first-order valence-electron chi connectivity index (χ1n) is 9.52. The molecule has 2 aromatic carbocycles. The first-order chi connectivity index (χ1) is 13.3. The summed E-state index contributed by atoms with van der Waals surface area (Å²) < 4.78 is 10.7. The third-order valence-corrected chi connectivity index (χ3v) is 4.94. The average molecular weight is 368 g/mol. The number of rotatable bonds is 8. The lowest BCUT2D eigenvalue weighted by molar-refractivity contribution is -0.121. The van der Waals surface area contributed by atoms with E-state index in [2.05, 4.69) is 22.3 Å². The highest BCUT2D eigenvalue weighted by Crippen LogP contribution is 2.21. The Hall–Kier alpha value is -2.37. The minimum atomic E-state index is 0.0759. The molecule has 0 spiro atoms. The van der Waals surface area contributed by atoms with Crippen LogP contribution in [0, 0.1) is 0 Å². The molecule has 0 bridgehead atoms. The number of nitrogens with one attached hydrogen (secondary N) is 1. The number of hydrogen-bond acceptors (Lipinski definition) is 4. The van der Waals surface area contributed by atoms with Gasteiger partial charge in [0.25, 0.3) is 0 Å². The summed E-state index contributed by atoms with van der Waals surface area (Å²) in [5, 5.41) is 3.12. The summed E-state index contributed by atoms with van der Waals surface area (Å²) in [5.74, 6) is 0.899. The third-order valence-electron chi connectivity index (χ3n) is 4.94. The highest BCUT2D eigenvalue weighted by molar-refractivity contribution is 5.76. The lowest BCUT2D eigenvalue weighted by Crippen LogP contribution is -2.43. The number of benzene rings is 2. The predicted octanol–water partition coefficient (Wildman–Crippen LogP) is 2.82. The molecule has 0 saturated carbocycles. The summed E-state index contributed by atoms with van der Waals surface area (Å²) in [6.07, 6.45) is 1.17. The molecule has 1 saturated heterocycles. The first-order valence-corrected chi connectivity index (χ1v) is 9.52. The lowest BCUT2D eigenvalue weighted by atomic mass is 10.0. The van der Waals surface area contributed by atoms with Gasteiger partial charge in [-0.15, -0.1) is 0 Å². The SMILES string of the molecule is COc1cccc(CCC(=O)NCC(c2ccccc2)N2CCOCC2)c1. The molecule has 1 aliphatic rings. The summed E-state index contributed by atoms with van der Waals surface area (Å²) in [6, 6.07) is 18.4.